The molecule has 0 heterocycles. The Bertz CT molecular complexity index is 923. The summed E-state index contributed by atoms with van der Waals surface area (Å²) in [6.07, 6.45) is 0. The Labute approximate surface area is 170 Å². The van der Waals surface area contributed by atoms with Gasteiger partial charge in [-0.25, -0.2) is 4.79 Å². The lowest BCUT2D eigenvalue weighted by Crippen LogP contribution is -2.13. The number of rotatable bonds is 10. The van der Waals surface area contributed by atoms with Crippen LogP contribution < -0.4 is 14.8 Å². The van der Waals surface area contributed by atoms with Crippen LogP contribution in [0.15, 0.2) is 72.8 Å². The lowest BCUT2D eigenvalue weighted by atomic mass is 10.1. The molecular formula is C24H25NO4. The van der Waals surface area contributed by atoms with Crippen molar-refractivity contribution in [3.63, 3.8) is 0 Å². The van der Waals surface area contributed by atoms with Crippen molar-refractivity contribution in [3.05, 3.63) is 95.1 Å². The van der Waals surface area contributed by atoms with E-state index in [0.29, 0.717) is 31.9 Å². The second-order valence-electron chi connectivity index (χ2n) is 6.59. The van der Waals surface area contributed by atoms with Crippen molar-refractivity contribution in [3.8, 4) is 11.5 Å². The van der Waals surface area contributed by atoms with Gasteiger partial charge in [0.05, 0.1) is 12.2 Å². The number of hydrogen-bond acceptors (Lipinski definition) is 4. The van der Waals surface area contributed by atoms with Crippen LogP contribution in [-0.2, 0) is 19.7 Å². The van der Waals surface area contributed by atoms with Gasteiger partial charge in [0, 0.05) is 13.1 Å². The second-order valence-corrected chi connectivity index (χ2v) is 6.59. The third-order valence-corrected chi connectivity index (χ3v) is 4.40. The lowest BCUT2D eigenvalue weighted by Gasteiger charge is -2.14. The molecule has 0 amide bonds. The highest BCUT2D eigenvalue weighted by Gasteiger charge is 2.08. The molecule has 5 heteroatoms. The number of carboxylic acid groups (broad SMARTS) is 1. The van der Waals surface area contributed by atoms with E-state index in [-0.39, 0.29) is 0 Å². The van der Waals surface area contributed by atoms with Gasteiger partial charge in [-0.15, -0.1) is 0 Å². The van der Waals surface area contributed by atoms with Gasteiger partial charge in [-0.05, 0) is 47.9 Å². The van der Waals surface area contributed by atoms with Crippen LogP contribution in [0.2, 0.25) is 0 Å². The van der Waals surface area contributed by atoms with Crippen molar-refractivity contribution in [2.45, 2.75) is 26.6 Å². The summed E-state index contributed by atoms with van der Waals surface area (Å²) in [4.78, 5) is 10.9. The van der Waals surface area contributed by atoms with Crippen LogP contribution in [0.5, 0.6) is 11.5 Å². The highest BCUT2D eigenvalue weighted by Crippen LogP contribution is 2.29. The highest BCUT2D eigenvalue weighted by atomic mass is 16.5. The van der Waals surface area contributed by atoms with Gasteiger partial charge in [0.25, 0.3) is 0 Å². The van der Waals surface area contributed by atoms with Gasteiger partial charge in [0.1, 0.15) is 6.61 Å². The SMILES string of the molecule is CCOc1cc(CNCc2ccc(C(=O)O)cc2)ccc1OCc1ccccc1. The lowest BCUT2D eigenvalue weighted by molar-refractivity contribution is 0.0697. The first-order valence-corrected chi connectivity index (χ1v) is 9.61. The summed E-state index contributed by atoms with van der Waals surface area (Å²) in [6.45, 7) is 4.32. The van der Waals surface area contributed by atoms with Crippen LogP contribution >= 0.6 is 0 Å². The van der Waals surface area contributed by atoms with Crippen molar-refractivity contribution in [2.75, 3.05) is 6.61 Å². The maximum absolute atomic E-state index is 10.9. The third kappa shape index (κ3) is 6.09. The van der Waals surface area contributed by atoms with E-state index < -0.39 is 5.97 Å². The normalized spacial score (nSPS) is 10.5. The van der Waals surface area contributed by atoms with E-state index in [1.807, 2.05) is 67.6 Å². The van der Waals surface area contributed by atoms with Crippen LogP contribution in [0.25, 0.3) is 0 Å². The Morgan fingerprint density at radius 3 is 2.21 bits per heavy atom. The molecule has 0 radical (unpaired) electrons. The monoisotopic (exact) mass is 391 g/mol. The summed E-state index contributed by atoms with van der Waals surface area (Å²) >= 11 is 0. The summed E-state index contributed by atoms with van der Waals surface area (Å²) in [5.41, 5.74) is 3.52. The Balaban J connectivity index is 1.57. The molecular weight excluding hydrogens is 366 g/mol. The standard InChI is InChI=1S/C24H25NO4/c1-2-28-23-14-20(10-13-22(23)29-17-19-6-4-3-5-7-19)16-25-15-18-8-11-21(12-9-18)24(26)27/h3-14,25H,2,15-17H2,1H3,(H,26,27). The quantitative estimate of drug-likeness (QED) is 0.526. The van der Waals surface area contributed by atoms with Gasteiger partial charge in [0.15, 0.2) is 11.5 Å². The molecule has 0 aliphatic carbocycles. The molecule has 0 bridgehead atoms. The van der Waals surface area contributed by atoms with Gasteiger partial charge in [0.2, 0.25) is 0 Å². The van der Waals surface area contributed by atoms with Gasteiger partial charge in [-0.2, -0.15) is 0 Å². The van der Waals surface area contributed by atoms with Crippen LogP contribution in [0.3, 0.4) is 0 Å². The molecule has 0 aliphatic heterocycles. The number of aromatic carboxylic acids is 1. The number of carboxylic acids is 1. The zero-order chi connectivity index (χ0) is 20.5. The number of hydrogen-bond donors (Lipinski definition) is 2. The molecule has 29 heavy (non-hydrogen) atoms. The maximum Gasteiger partial charge on any atom is 0.335 e. The summed E-state index contributed by atoms with van der Waals surface area (Å²) in [7, 11) is 0. The van der Waals surface area contributed by atoms with E-state index in [1.165, 1.54) is 0 Å². The summed E-state index contributed by atoms with van der Waals surface area (Å²) < 4.78 is 11.7. The van der Waals surface area contributed by atoms with Crippen molar-refractivity contribution in [2.24, 2.45) is 0 Å². The topological polar surface area (TPSA) is 67.8 Å². The minimum absolute atomic E-state index is 0.293. The van der Waals surface area contributed by atoms with Crippen LogP contribution in [-0.4, -0.2) is 17.7 Å². The predicted molar refractivity (Wildman–Crippen MR) is 112 cm³/mol. The molecule has 0 atom stereocenters. The van der Waals surface area contributed by atoms with Gasteiger partial charge in [-0.1, -0.05) is 48.5 Å². The zero-order valence-corrected chi connectivity index (χ0v) is 16.4. The first kappa shape index (κ1) is 20.4. The fourth-order valence-corrected chi connectivity index (χ4v) is 2.90. The summed E-state index contributed by atoms with van der Waals surface area (Å²) in [6, 6.07) is 22.8. The molecule has 2 N–H and O–H groups in total. The molecule has 150 valence electrons. The minimum atomic E-state index is -0.914. The maximum atomic E-state index is 10.9. The molecule has 0 aromatic heterocycles. The molecule has 0 fully saturated rings. The van der Waals surface area contributed by atoms with Gasteiger partial charge in [-0.3, -0.25) is 0 Å². The summed E-state index contributed by atoms with van der Waals surface area (Å²) in [5, 5.41) is 12.3. The zero-order valence-electron chi connectivity index (χ0n) is 16.4. The Morgan fingerprint density at radius 1 is 0.828 bits per heavy atom. The Hall–Kier alpha value is -3.31. The smallest absolute Gasteiger partial charge is 0.335 e. The van der Waals surface area contributed by atoms with Gasteiger partial charge >= 0.3 is 5.97 Å². The van der Waals surface area contributed by atoms with Crippen LogP contribution in [0.4, 0.5) is 0 Å². The van der Waals surface area contributed by atoms with E-state index in [4.69, 9.17) is 14.6 Å². The predicted octanol–water partition coefficient (Wildman–Crippen LogP) is 4.65. The largest absolute Gasteiger partial charge is 0.490 e. The molecule has 0 saturated carbocycles. The van der Waals surface area contributed by atoms with Crippen molar-refractivity contribution in [1.82, 2.24) is 5.32 Å². The first-order chi connectivity index (χ1) is 14.2. The molecule has 5 nitrogen and oxygen atoms in total. The fourth-order valence-electron chi connectivity index (χ4n) is 2.90. The molecule has 0 spiro atoms. The number of benzene rings is 3. The summed E-state index contributed by atoms with van der Waals surface area (Å²) in [5.74, 6) is 0.541. The third-order valence-electron chi connectivity index (χ3n) is 4.40. The highest BCUT2D eigenvalue weighted by molar-refractivity contribution is 5.87. The van der Waals surface area contributed by atoms with Crippen LogP contribution in [0.1, 0.15) is 34.0 Å². The second kappa shape index (κ2) is 10.3. The van der Waals surface area contributed by atoms with E-state index >= 15 is 0 Å². The Kier molecular flexibility index (Phi) is 7.25. The van der Waals surface area contributed by atoms with E-state index in [0.717, 1.165) is 28.2 Å². The molecule has 3 aromatic carbocycles. The minimum Gasteiger partial charge on any atom is -0.490 e. The average molecular weight is 391 g/mol. The first-order valence-electron chi connectivity index (χ1n) is 9.61. The number of nitrogens with one attached hydrogen (secondary N) is 1. The number of carbonyl (C=O) groups is 1. The Morgan fingerprint density at radius 2 is 1.52 bits per heavy atom. The number of ether oxygens (including phenoxy) is 2. The molecule has 0 aliphatic rings. The van der Waals surface area contributed by atoms with Gasteiger partial charge < -0.3 is 19.9 Å². The van der Waals surface area contributed by atoms with E-state index in [2.05, 4.69) is 5.32 Å². The molecule has 3 rings (SSSR count). The fraction of sp³-hybridized carbons (Fsp3) is 0.208. The van der Waals surface area contributed by atoms with E-state index in [9.17, 15) is 4.79 Å². The van der Waals surface area contributed by atoms with E-state index in [1.54, 1.807) is 12.1 Å². The molecule has 0 saturated heterocycles. The van der Waals surface area contributed by atoms with Crippen molar-refractivity contribution in [1.29, 1.82) is 0 Å². The molecule has 0 unspecified atom stereocenters. The molecule has 3 aromatic rings. The van der Waals surface area contributed by atoms with Crippen molar-refractivity contribution >= 4 is 5.97 Å². The average Bonchev–Trinajstić information content (AvgIpc) is 2.74. The van der Waals surface area contributed by atoms with Crippen molar-refractivity contribution < 1.29 is 19.4 Å². The van der Waals surface area contributed by atoms with Crippen LogP contribution in [0, 0.1) is 0 Å².